The molecule has 0 amide bonds. The third kappa shape index (κ3) is 4.85. The second-order valence-corrected chi connectivity index (χ2v) is 7.91. The molecule has 1 N–H and O–H groups in total. The second kappa shape index (κ2) is 7.45. The Morgan fingerprint density at radius 1 is 1.10 bits per heavy atom. The van der Waals surface area contributed by atoms with Gasteiger partial charge in [0.05, 0.1) is 0 Å². The molecule has 0 heterocycles. The molecule has 0 aliphatic heterocycles. The minimum Gasteiger partial charge on any atom is -0.317 e. The maximum atomic E-state index is 3.57. The second-order valence-electron chi connectivity index (χ2n) is 7.91. The summed E-state index contributed by atoms with van der Waals surface area (Å²) < 4.78 is 0. The summed E-state index contributed by atoms with van der Waals surface area (Å²) in [6, 6.07) is 11.7. The monoisotopic (exact) mass is 287 g/mol. The normalized spacial score (nSPS) is 26.8. The summed E-state index contributed by atoms with van der Waals surface area (Å²) in [5, 5.41) is 3.57. The van der Waals surface area contributed by atoms with E-state index in [0.29, 0.717) is 5.41 Å². The SMILES string of the molecule is CNC1CCC(C(C)(C)C)CC1CCCc1ccccc1. The summed E-state index contributed by atoms with van der Waals surface area (Å²) in [6.45, 7) is 7.25. The maximum absolute atomic E-state index is 3.57. The van der Waals surface area contributed by atoms with Gasteiger partial charge in [0.25, 0.3) is 0 Å². The van der Waals surface area contributed by atoms with Gasteiger partial charge in [-0.2, -0.15) is 0 Å². The summed E-state index contributed by atoms with van der Waals surface area (Å²) in [4.78, 5) is 0. The zero-order chi connectivity index (χ0) is 15.3. The van der Waals surface area contributed by atoms with Crippen LogP contribution in [0, 0.1) is 17.3 Å². The van der Waals surface area contributed by atoms with E-state index < -0.39 is 0 Å². The molecule has 1 nitrogen and oxygen atoms in total. The van der Waals surface area contributed by atoms with E-state index in [4.69, 9.17) is 0 Å². The first-order chi connectivity index (χ1) is 10.0. The Kier molecular flexibility index (Phi) is 5.87. The highest BCUT2D eigenvalue weighted by Gasteiger charge is 2.34. The highest BCUT2D eigenvalue weighted by Crippen LogP contribution is 2.41. The molecule has 3 unspecified atom stereocenters. The first-order valence-corrected chi connectivity index (χ1v) is 8.72. The van der Waals surface area contributed by atoms with Gasteiger partial charge in [-0.25, -0.2) is 0 Å². The Balaban J connectivity index is 1.86. The van der Waals surface area contributed by atoms with Crippen molar-refractivity contribution < 1.29 is 0 Å². The van der Waals surface area contributed by atoms with Crippen molar-refractivity contribution in [3.8, 4) is 0 Å². The van der Waals surface area contributed by atoms with E-state index in [2.05, 4.69) is 63.5 Å². The molecule has 0 spiro atoms. The number of hydrogen-bond donors (Lipinski definition) is 1. The average Bonchev–Trinajstić information content (AvgIpc) is 2.47. The fourth-order valence-electron chi connectivity index (χ4n) is 3.96. The Labute approximate surface area is 131 Å². The van der Waals surface area contributed by atoms with Gasteiger partial charge in [0.15, 0.2) is 0 Å². The molecule has 1 heteroatoms. The van der Waals surface area contributed by atoms with Crippen molar-refractivity contribution in [1.29, 1.82) is 0 Å². The molecule has 0 radical (unpaired) electrons. The number of nitrogens with one attached hydrogen (secondary N) is 1. The number of hydrogen-bond acceptors (Lipinski definition) is 1. The van der Waals surface area contributed by atoms with Crippen LogP contribution in [0.25, 0.3) is 0 Å². The number of aryl methyl sites for hydroxylation is 1. The van der Waals surface area contributed by atoms with Crippen LogP contribution < -0.4 is 5.32 Å². The summed E-state index contributed by atoms with van der Waals surface area (Å²) in [5.41, 5.74) is 1.96. The van der Waals surface area contributed by atoms with Crippen LogP contribution >= 0.6 is 0 Å². The molecule has 118 valence electrons. The van der Waals surface area contributed by atoms with Crippen molar-refractivity contribution in [3.63, 3.8) is 0 Å². The van der Waals surface area contributed by atoms with E-state index in [-0.39, 0.29) is 0 Å². The lowest BCUT2D eigenvalue weighted by Gasteiger charge is -2.42. The van der Waals surface area contributed by atoms with Crippen LogP contribution in [0.15, 0.2) is 30.3 Å². The molecular formula is C20H33N. The predicted molar refractivity (Wildman–Crippen MR) is 92.5 cm³/mol. The third-order valence-electron chi connectivity index (χ3n) is 5.46. The summed E-state index contributed by atoms with van der Waals surface area (Å²) in [7, 11) is 2.15. The molecule has 1 saturated carbocycles. The first kappa shape index (κ1) is 16.5. The lowest BCUT2D eigenvalue weighted by Crippen LogP contribution is -2.41. The highest BCUT2D eigenvalue weighted by molar-refractivity contribution is 5.14. The fraction of sp³-hybridized carbons (Fsp3) is 0.700. The Bertz CT molecular complexity index is 404. The van der Waals surface area contributed by atoms with Crippen LogP contribution in [-0.2, 0) is 6.42 Å². The van der Waals surface area contributed by atoms with E-state index in [1.54, 1.807) is 0 Å². The van der Waals surface area contributed by atoms with Gasteiger partial charge in [-0.1, -0.05) is 51.1 Å². The van der Waals surface area contributed by atoms with Crippen LogP contribution in [0.1, 0.15) is 58.4 Å². The molecule has 0 bridgehead atoms. The van der Waals surface area contributed by atoms with E-state index in [1.165, 1.54) is 44.1 Å². The van der Waals surface area contributed by atoms with Gasteiger partial charge in [-0.3, -0.25) is 0 Å². The van der Waals surface area contributed by atoms with Crippen LogP contribution in [-0.4, -0.2) is 13.1 Å². The van der Waals surface area contributed by atoms with E-state index >= 15 is 0 Å². The molecule has 1 aromatic rings. The maximum Gasteiger partial charge on any atom is 0.00925 e. The van der Waals surface area contributed by atoms with Gasteiger partial charge in [0, 0.05) is 6.04 Å². The first-order valence-electron chi connectivity index (χ1n) is 8.72. The van der Waals surface area contributed by atoms with Crippen LogP contribution in [0.4, 0.5) is 0 Å². The smallest absolute Gasteiger partial charge is 0.00925 e. The van der Waals surface area contributed by atoms with Crippen molar-refractivity contribution in [1.82, 2.24) is 5.32 Å². The lowest BCUT2D eigenvalue weighted by molar-refractivity contribution is 0.111. The quantitative estimate of drug-likeness (QED) is 0.798. The molecule has 1 aromatic carbocycles. The zero-order valence-corrected chi connectivity index (χ0v) is 14.4. The van der Waals surface area contributed by atoms with Crippen LogP contribution in [0.2, 0.25) is 0 Å². The molecule has 2 rings (SSSR count). The summed E-state index contributed by atoms with van der Waals surface area (Å²) in [5.74, 6) is 1.75. The van der Waals surface area contributed by atoms with Crippen LogP contribution in [0.3, 0.4) is 0 Å². The van der Waals surface area contributed by atoms with E-state index in [0.717, 1.165) is 17.9 Å². The van der Waals surface area contributed by atoms with Crippen molar-refractivity contribution in [2.75, 3.05) is 7.05 Å². The van der Waals surface area contributed by atoms with Gasteiger partial charge in [0.2, 0.25) is 0 Å². The largest absolute Gasteiger partial charge is 0.317 e. The Hall–Kier alpha value is -0.820. The van der Waals surface area contributed by atoms with E-state index in [1.807, 2.05) is 0 Å². The minimum absolute atomic E-state index is 0.469. The summed E-state index contributed by atoms with van der Waals surface area (Å²) in [6.07, 6.45) is 8.08. The van der Waals surface area contributed by atoms with Gasteiger partial charge in [-0.05, 0) is 68.4 Å². The summed E-state index contributed by atoms with van der Waals surface area (Å²) >= 11 is 0. The molecule has 1 aliphatic carbocycles. The van der Waals surface area contributed by atoms with Gasteiger partial charge in [0.1, 0.15) is 0 Å². The molecule has 0 saturated heterocycles. The average molecular weight is 287 g/mol. The van der Waals surface area contributed by atoms with Gasteiger partial charge < -0.3 is 5.32 Å². The third-order valence-corrected chi connectivity index (χ3v) is 5.46. The van der Waals surface area contributed by atoms with Crippen molar-refractivity contribution in [2.24, 2.45) is 17.3 Å². The molecule has 1 fully saturated rings. The zero-order valence-electron chi connectivity index (χ0n) is 14.4. The van der Waals surface area contributed by atoms with Gasteiger partial charge >= 0.3 is 0 Å². The molecule has 3 atom stereocenters. The van der Waals surface area contributed by atoms with Crippen LogP contribution in [0.5, 0.6) is 0 Å². The molecule has 21 heavy (non-hydrogen) atoms. The number of benzene rings is 1. The fourth-order valence-corrected chi connectivity index (χ4v) is 3.96. The van der Waals surface area contributed by atoms with Gasteiger partial charge in [-0.15, -0.1) is 0 Å². The standard InChI is InChI=1S/C20H33N/c1-20(2,3)18-13-14-19(21-4)17(15-18)12-8-11-16-9-6-5-7-10-16/h5-7,9-10,17-19,21H,8,11-15H2,1-4H3. The number of rotatable bonds is 5. The van der Waals surface area contributed by atoms with Crippen molar-refractivity contribution >= 4 is 0 Å². The molecule has 0 aromatic heterocycles. The van der Waals surface area contributed by atoms with Crippen molar-refractivity contribution in [2.45, 2.75) is 65.3 Å². The Morgan fingerprint density at radius 2 is 1.81 bits per heavy atom. The topological polar surface area (TPSA) is 12.0 Å². The molecular weight excluding hydrogens is 254 g/mol. The van der Waals surface area contributed by atoms with E-state index in [9.17, 15) is 0 Å². The Morgan fingerprint density at radius 3 is 2.43 bits per heavy atom. The highest BCUT2D eigenvalue weighted by atomic mass is 14.9. The predicted octanol–water partition coefficient (Wildman–Crippen LogP) is 5.06. The minimum atomic E-state index is 0.469. The van der Waals surface area contributed by atoms with Crippen molar-refractivity contribution in [3.05, 3.63) is 35.9 Å². The lowest BCUT2D eigenvalue weighted by atomic mass is 9.66. The molecule has 1 aliphatic rings.